The Kier molecular flexibility index (Phi) is 7.74. The van der Waals surface area contributed by atoms with E-state index in [1.54, 1.807) is 0 Å². The third kappa shape index (κ3) is 3.95. The zero-order valence-corrected chi connectivity index (χ0v) is 23.4. The van der Waals surface area contributed by atoms with Crippen molar-refractivity contribution in [2.45, 2.75) is 104 Å². The molecule has 0 atom stereocenters. The molecule has 7 heteroatoms. The maximum atomic E-state index is 7.57. The molecule has 23 heavy (non-hydrogen) atoms. The first-order chi connectivity index (χ1) is 9.50. The molecular weight excluding hydrogens is 502 g/mol. The van der Waals surface area contributed by atoms with E-state index in [9.17, 15) is 0 Å². The van der Waals surface area contributed by atoms with E-state index in [0.29, 0.717) is 0 Å². The van der Waals surface area contributed by atoms with Crippen molar-refractivity contribution in [1.82, 2.24) is 0 Å². The van der Waals surface area contributed by atoms with Gasteiger partial charge in [-0.1, -0.05) is 0 Å². The fraction of sp³-hybridized carbons (Fsp3) is 1.00. The molecule has 150 valence electrons. The van der Waals surface area contributed by atoms with Crippen molar-refractivity contribution >= 4 is 51.1 Å². The second kappa shape index (κ2) is 6.93. The predicted octanol–water partition coefficient (Wildman–Crippen LogP) is 9.28. The van der Waals surface area contributed by atoms with Crippen LogP contribution in [0, 0.1) is 0 Å². The average Bonchev–Trinajstić information content (AvgIpc) is 2.19. The monoisotopic (exact) mass is 538 g/mol. The Bertz CT molecular complexity index is 369. The zero-order valence-electron chi connectivity index (χ0n) is 16.8. The van der Waals surface area contributed by atoms with Crippen molar-refractivity contribution in [2.75, 3.05) is 0 Å². The Labute approximate surface area is 166 Å². The van der Waals surface area contributed by atoms with Gasteiger partial charge in [0.25, 0.3) is 0 Å². The summed E-state index contributed by atoms with van der Waals surface area (Å²) in [5.74, 6) is 0. The number of hydrogen-bond acceptors (Lipinski definition) is 0. The first-order valence-corrected chi connectivity index (χ1v) is 22.3. The van der Waals surface area contributed by atoms with Crippen LogP contribution < -0.4 is 0 Å². The SMILES string of the molecule is CC(C)(C)[PH](Cl)(C(C)(C)C)[Pd]([Cl])([Cl])[PH](Cl)(C(C)(C)C)C(C)(C)C. The number of rotatable bonds is 2. The first kappa shape index (κ1) is 25.7. The van der Waals surface area contributed by atoms with Crippen LogP contribution in [0.15, 0.2) is 0 Å². The molecule has 0 fully saturated rings. The zero-order chi connectivity index (χ0) is 19.5. The van der Waals surface area contributed by atoms with Crippen molar-refractivity contribution < 1.29 is 12.5 Å². The summed E-state index contributed by atoms with van der Waals surface area (Å²) in [5.41, 5.74) is 0. The number of halogens is 4. The maximum absolute atomic E-state index is 7.57. The van der Waals surface area contributed by atoms with E-state index in [1.807, 2.05) is 0 Å². The Morgan fingerprint density at radius 1 is 0.478 bits per heavy atom. The van der Waals surface area contributed by atoms with Gasteiger partial charge in [0.05, 0.1) is 0 Å². The molecule has 0 unspecified atom stereocenters. The first-order valence-electron chi connectivity index (χ1n) is 7.93. The Morgan fingerprint density at radius 2 is 0.609 bits per heavy atom. The van der Waals surface area contributed by atoms with Gasteiger partial charge in [-0.3, -0.25) is 0 Å². The van der Waals surface area contributed by atoms with Gasteiger partial charge in [0.15, 0.2) is 0 Å². The summed E-state index contributed by atoms with van der Waals surface area (Å²) in [6, 6.07) is 0. The topological polar surface area (TPSA) is 0 Å². The molecular formula is C16H38Cl4P2Pd. The minimum absolute atomic E-state index is 0.128. The van der Waals surface area contributed by atoms with E-state index in [4.69, 9.17) is 41.5 Å². The molecule has 0 rings (SSSR count). The van der Waals surface area contributed by atoms with Gasteiger partial charge in [-0.25, -0.2) is 0 Å². The van der Waals surface area contributed by atoms with Crippen molar-refractivity contribution in [3.63, 3.8) is 0 Å². The van der Waals surface area contributed by atoms with E-state index >= 15 is 0 Å². The van der Waals surface area contributed by atoms with Crippen molar-refractivity contribution in [1.29, 1.82) is 0 Å². The molecule has 0 saturated heterocycles. The fourth-order valence-electron chi connectivity index (χ4n) is 3.59. The molecule has 0 heterocycles. The summed E-state index contributed by atoms with van der Waals surface area (Å²) < 4.78 is 0. The third-order valence-electron chi connectivity index (χ3n) is 4.13. The molecule has 0 aromatic carbocycles. The molecule has 0 aliphatic carbocycles. The summed E-state index contributed by atoms with van der Waals surface area (Å²) in [4.78, 5) is -5.30. The quantitative estimate of drug-likeness (QED) is 0.242. The Hall–Kier alpha value is 2.68. The molecule has 0 amide bonds. The van der Waals surface area contributed by atoms with Gasteiger partial charge < -0.3 is 0 Å². The van der Waals surface area contributed by atoms with Gasteiger partial charge in [-0.15, -0.1) is 0 Å². The van der Waals surface area contributed by atoms with Crippen LogP contribution in [0.1, 0.15) is 83.1 Å². The van der Waals surface area contributed by atoms with Crippen LogP contribution in [0.5, 0.6) is 0 Å². The molecule has 0 aromatic heterocycles. The van der Waals surface area contributed by atoms with Crippen LogP contribution in [0.2, 0.25) is 0 Å². The van der Waals surface area contributed by atoms with Gasteiger partial charge in [0.2, 0.25) is 0 Å². The Morgan fingerprint density at radius 3 is 0.696 bits per heavy atom. The van der Waals surface area contributed by atoms with Crippen LogP contribution in [0.4, 0.5) is 0 Å². The Balaban J connectivity index is 6.94. The molecule has 0 aromatic rings. The standard InChI is InChI=1S/2C8H18ClP.2ClH.Pd/c2*1-7(2,3)10(9)8(4,5)6;;;/h2*1-6H3;2*1H;. The fourth-order valence-corrected chi connectivity index (χ4v) is 89.4. The molecule has 0 radical (unpaired) electrons. The van der Waals surface area contributed by atoms with E-state index in [2.05, 4.69) is 83.1 Å². The normalized spacial score (nSPS) is 18.8. The molecule has 0 nitrogen and oxygen atoms in total. The average molecular weight is 541 g/mol. The van der Waals surface area contributed by atoms with E-state index in [0.717, 1.165) is 0 Å². The van der Waals surface area contributed by atoms with Gasteiger partial charge in [-0.05, 0) is 0 Å². The van der Waals surface area contributed by atoms with Gasteiger partial charge in [-0.2, -0.15) is 0 Å². The van der Waals surface area contributed by atoms with Crippen LogP contribution >= 0.6 is 51.1 Å². The molecule has 0 bridgehead atoms. The van der Waals surface area contributed by atoms with Crippen LogP contribution in [0.3, 0.4) is 0 Å². The van der Waals surface area contributed by atoms with Crippen molar-refractivity contribution in [3.05, 3.63) is 0 Å². The molecule has 0 aliphatic rings. The number of hydrogen-bond donors (Lipinski definition) is 0. The van der Waals surface area contributed by atoms with Gasteiger partial charge in [0, 0.05) is 0 Å². The molecule has 0 aliphatic heterocycles. The van der Waals surface area contributed by atoms with Crippen molar-refractivity contribution in [3.8, 4) is 0 Å². The van der Waals surface area contributed by atoms with Gasteiger partial charge in [0.1, 0.15) is 0 Å². The van der Waals surface area contributed by atoms with E-state index < -0.39 is 22.1 Å². The minimum atomic E-state index is -3.15. The van der Waals surface area contributed by atoms with Crippen LogP contribution in [0.25, 0.3) is 0 Å². The second-order valence-corrected chi connectivity index (χ2v) is 50.5. The van der Waals surface area contributed by atoms with E-state index in [1.165, 1.54) is 0 Å². The molecule has 0 saturated carbocycles. The summed E-state index contributed by atoms with van der Waals surface area (Å²) in [7, 11) is 14.9. The van der Waals surface area contributed by atoms with Gasteiger partial charge >= 0.3 is 167 Å². The summed E-state index contributed by atoms with van der Waals surface area (Å²) >= 11 is 12.0. The van der Waals surface area contributed by atoms with Crippen molar-refractivity contribution in [2.24, 2.45) is 0 Å². The summed E-state index contributed by atoms with van der Waals surface area (Å²) in [6.07, 6.45) is 0. The van der Waals surface area contributed by atoms with Crippen LogP contribution in [-0.2, 0) is 12.5 Å². The summed E-state index contributed by atoms with van der Waals surface area (Å²) in [5, 5.41) is -0.511. The third-order valence-corrected chi connectivity index (χ3v) is 76.7. The predicted molar refractivity (Wildman–Crippen MR) is 119 cm³/mol. The molecule has 0 N–H and O–H groups in total. The molecule has 0 spiro atoms. The van der Waals surface area contributed by atoms with Crippen LogP contribution in [-0.4, -0.2) is 20.6 Å². The van der Waals surface area contributed by atoms with E-state index in [-0.39, 0.29) is 20.6 Å². The summed E-state index contributed by atoms with van der Waals surface area (Å²) in [6.45, 7) is 26.4. The second-order valence-electron chi connectivity index (χ2n) is 10.4.